The van der Waals surface area contributed by atoms with Crippen molar-refractivity contribution >= 4 is 29.7 Å². The quantitative estimate of drug-likeness (QED) is 0.699. The van der Waals surface area contributed by atoms with Crippen molar-refractivity contribution < 1.29 is 19.1 Å². The van der Waals surface area contributed by atoms with E-state index in [1.54, 1.807) is 12.1 Å². The number of amides is 1. The van der Waals surface area contributed by atoms with Crippen molar-refractivity contribution in [2.75, 3.05) is 19.0 Å². The van der Waals surface area contributed by atoms with Crippen LogP contribution >= 0.6 is 0 Å². The Morgan fingerprint density at radius 3 is 2.57 bits per heavy atom. The molecule has 0 aliphatic carbocycles. The standard InChI is InChI=1S/C18H15NO4/c1-22-18(21)14-7-4-12(5-8-14)2-3-13-6-9-16-15(10-13)19-17(20)11-23-16/h2-10H,11H2,1H3,(H,19,20)/b3-2+. The average molecular weight is 309 g/mol. The molecule has 23 heavy (non-hydrogen) atoms. The normalized spacial score (nSPS) is 13.2. The largest absolute Gasteiger partial charge is 0.482 e. The van der Waals surface area contributed by atoms with Gasteiger partial charge < -0.3 is 14.8 Å². The predicted octanol–water partition coefficient (Wildman–Crippen LogP) is 2.97. The molecule has 1 aliphatic rings. The number of anilines is 1. The Balaban J connectivity index is 1.76. The molecule has 2 aromatic rings. The number of hydrogen-bond donors (Lipinski definition) is 1. The van der Waals surface area contributed by atoms with Gasteiger partial charge in [0.15, 0.2) is 6.61 Å². The molecule has 3 rings (SSSR count). The van der Waals surface area contributed by atoms with Crippen molar-refractivity contribution in [2.24, 2.45) is 0 Å². The molecule has 1 N–H and O–H groups in total. The van der Waals surface area contributed by atoms with Crippen LogP contribution in [0.1, 0.15) is 21.5 Å². The van der Waals surface area contributed by atoms with Gasteiger partial charge in [0, 0.05) is 0 Å². The summed E-state index contributed by atoms with van der Waals surface area (Å²) in [5.41, 5.74) is 3.07. The number of esters is 1. The fourth-order valence-electron chi connectivity index (χ4n) is 2.25. The average Bonchev–Trinajstić information content (AvgIpc) is 2.59. The fourth-order valence-corrected chi connectivity index (χ4v) is 2.25. The van der Waals surface area contributed by atoms with Gasteiger partial charge in [-0.1, -0.05) is 30.4 Å². The molecule has 1 heterocycles. The van der Waals surface area contributed by atoms with E-state index in [-0.39, 0.29) is 18.5 Å². The number of fused-ring (bicyclic) bond motifs is 1. The summed E-state index contributed by atoms with van der Waals surface area (Å²) < 4.78 is 9.98. The van der Waals surface area contributed by atoms with Crippen molar-refractivity contribution in [2.45, 2.75) is 0 Å². The molecule has 1 amide bonds. The van der Waals surface area contributed by atoms with Crippen molar-refractivity contribution in [3.63, 3.8) is 0 Å². The summed E-state index contributed by atoms with van der Waals surface area (Å²) >= 11 is 0. The second kappa shape index (κ2) is 6.36. The zero-order valence-electron chi connectivity index (χ0n) is 12.5. The maximum atomic E-state index is 11.4. The van der Waals surface area contributed by atoms with Gasteiger partial charge in [0.25, 0.3) is 5.91 Å². The molecule has 5 nitrogen and oxygen atoms in total. The molecule has 0 saturated carbocycles. The molecule has 0 unspecified atom stereocenters. The molecule has 1 aliphatic heterocycles. The fraction of sp³-hybridized carbons (Fsp3) is 0.111. The lowest BCUT2D eigenvalue weighted by molar-refractivity contribution is -0.118. The third-order valence-electron chi connectivity index (χ3n) is 3.44. The topological polar surface area (TPSA) is 64.6 Å². The first kappa shape index (κ1) is 14.8. The molecule has 0 saturated heterocycles. The lowest BCUT2D eigenvalue weighted by atomic mass is 10.1. The van der Waals surface area contributed by atoms with Gasteiger partial charge in [-0.15, -0.1) is 0 Å². The van der Waals surface area contributed by atoms with Crippen molar-refractivity contribution in [3.8, 4) is 5.75 Å². The Kier molecular flexibility index (Phi) is 4.10. The third kappa shape index (κ3) is 3.40. The first-order valence-corrected chi connectivity index (χ1v) is 7.09. The minimum atomic E-state index is -0.356. The van der Waals surface area contributed by atoms with Gasteiger partial charge in [-0.05, 0) is 35.4 Å². The lowest BCUT2D eigenvalue weighted by Crippen LogP contribution is -2.25. The Morgan fingerprint density at radius 2 is 1.83 bits per heavy atom. The summed E-state index contributed by atoms with van der Waals surface area (Å²) in [7, 11) is 1.36. The highest BCUT2D eigenvalue weighted by Crippen LogP contribution is 2.29. The van der Waals surface area contributed by atoms with Gasteiger partial charge in [-0.25, -0.2) is 4.79 Å². The molecule has 0 atom stereocenters. The molecule has 116 valence electrons. The minimum absolute atomic E-state index is 0.0503. The van der Waals surface area contributed by atoms with Gasteiger partial charge >= 0.3 is 5.97 Å². The first-order chi connectivity index (χ1) is 11.2. The van der Waals surface area contributed by atoms with Crippen LogP contribution in [-0.4, -0.2) is 25.6 Å². The van der Waals surface area contributed by atoms with E-state index in [4.69, 9.17) is 4.74 Å². The second-order valence-electron chi connectivity index (χ2n) is 5.04. The van der Waals surface area contributed by atoms with Crippen LogP contribution in [-0.2, 0) is 9.53 Å². The zero-order valence-corrected chi connectivity index (χ0v) is 12.5. The van der Waals surface area contributed by atoms with Crippen molar-refractivity contribution in [1.29, 1.82) is 0 Å². The summed E-state index contributed by atoms with van der Waals surface area (Å²) in [6.07, 6.45) is 3.85. The predicted molar refractivity (Wildman–Crippen MR) is 87.3 cm³/mol. The zero-order chi connectivity index (χ0) is 16.2. The van der Waals surface area contributed by atoms with Crippen LogP contribution in [0.25, 0.3) is 12.2 Å². The van der Waals surface area contributed by atoms with Gasteiger partial charge in [-0.2, -0.15) is 0 Å². The van der Waals surface area contributed by atoms with Crippen LogP contribution in [0.4, 0.5) is 5.69 Å². The highest BCUT2D eigenvalue weighted by atomic mass is 16.5. The molecule has 0 bridgehead atoms. The molecule has 0 radical (unpaired) electrons. The van der Waals surface area contributed by atoms with Crippen LogP contribution in [0.2, 0.25) is 0 Å². The summed E-state index contributed by atoms with van der Waals surface area (Å²) in [6, 6.07) is 12.7. The molecule has 5 heteroatoms. The molecule has 0 aromatic heterocycles. The number of benzene rings is 2. The third-order valence-corrected chi connectivity index (χ3v) is 3.44. The van der Waals surface area contributed by atoms with E-state index in [0.29, 0.717) is 17.0 Å². The lowest BCUT2D eigenvalue weighted by Gasteiger charge is -2.17. The van der Waals surface area contributed by atoms with E-state index >= 15 is 0 Å². The van der Waals surface area contributed by atoms with Crippen molar-refractivity contribution in [1.82, 2.24) is 0 Å². The number of carbonyl (C=O) groups excluding carboxylic acids is 2. The Labute approximate surface area is 133 Å². The summed E-state index contributed by atoms with van der Waals surface area (Å²) in [4.78, 5) is 22.7. The molecular formula is C18H15NO4. The number of nitrogens with one attached hydrogen (secondary N) is 1. The number of ether oxygens (including phenoxy) is 2. The maximum absolute atomic E-state index is 11.4. The molecule has 0 spiro atoms. The van der Waals surface area contributed by atoms with Gasteiger partial charge in [0.1, 0.15) is 5.75 Å². The van der Waals surface area contributed by atoms with Crippen LogP contribution in [0.5, 0.6) is 5.75 Å². The molecule has 0 fully saturated rings. The first-order valence-electron chi connectivity index (χ1n) is 7.09. The van der Waals surface area contributed by atoms with Crippen LogP contribution in [0.15, 0.2) is 42.5 Å². The van der Waals surface area contributed by atoms with Gasteiger partial charge in [0.05, 0.1) is 18.4 Å². The summed E-state index contributed by atoms with van der Waals surface area (Å²) in [5.74, 6) is 0.159. The summed E-state index contributed by atoms with van der Waals surface area (Å²) in [6.45, 7) is 0.0503. The van der Waals surface area contributed by atoms with Crippen molar-refractivity contribution in [3.05, 3.63) is 59.2 Å². The van der Waals surface area contributed by atoms with E-state index in [9.17, 15) is 9.59 Å². The smallest absolute Gasteiger partial charge is 0.337 e. The van der Waals surface area contributed by atoms with E-state index in [1.165, 1.54) is 7.11 Å². The molecule has 2 aromatic carbocycles. The molecular weight excluding hydrogens is 294 g/mol. The number of carbonyl (C=O) groups is 2. The van der Waals surface area contributed by atoms with E-state index in [0.717, 1.165) is 11.1 Å². The maximum Gasteiger partial charge on any atom is 0.337 e. The Hall–Kier alpha value is -3.08. The van der Waals surface area contributed by atoms with Crippen LogP contribution in [0, 0.1) is 0 Å². The Morgan fingerprint density at radius 1 is 1.13 bits per heavy atom. The van der Waals surface area contributed by atoms with Gasteiger partial charge in [-0.3, -0.25) is 4.79 Å². The SMILES string of the molecule is COC(=O)c1ccc(/C=C/c2ccc3c(c2)NC(=O)CO3)cc1. The van der Waals surface area contributed by atoms with Crippen LogP contribution in [0.3, 0.4) is 0 Å². The number of methoxy groups -OCH3 is 1. The highest BCUT2D eigenvalue weighted by molar-refractivity contribution is 5.96. The van der Waals surface area contributed by atoms with Gasteiger partial charge in [0.2, 0.25) is 0 Å². The van der Waals surface area contributed by atoms with E-state index in [1.807, 2.05) is 42.5 Å². The second-order valence-corrected chi connectivity index (χ2v) is 5.04. The number of rotatable bonds is 3. The monoisotopic (exact) mass is 309 g/mol. The minimum Gasteiger partial charge on any atom is -0.482 e. The highest BCUT2D eigenvalue weighted by Gasteiger charge is 2.15. The van der Waals surface area contributed by atoms with Crippen LogP contribution < -0.4 is 10.1 Å². The summed E-state index contributed by atoms with van der Waals surface area (Å²) in [5, 5.41) is 2.78. The van der Waals surface area contributed by atoms with E-state index < -0.39 is 0 Å². The number of hydrogen-bond acceptors (Lipinski definition) is 4. The van der Waals surface area contributed by atoms with E-state index in [2.05, 4.69) is 10.1 Å². The Bertz CT molecular complexity index is 778.